The van der Waals surface area contributed by atoms with Crippen molar-refractivity contribution < 1.29 is 17.6 Å². The highest BCUT2D eigenvalue weighted by Gasteiger charge is 2.58. The Morgan fingerprint density at radius 1 is 1.22 bits per heavy atom. The van der Waals surface area contributed by atoms with Gasteiger partial charge in [0.1, 0.15) is 12.2 Å². The zero-order valence-electron chi connectivity index (χ0n) is 15.6. The van der Waals surface area contributed by atoms with Crippen LogP contribution in [0.25, 0.3) is 0 Å². The molecule has 4 aliphatic carbocycles. The molecule has 9 heteroatoms. The second-order valence-corrected chi connectivity index (χ2v) is 11.0. The van der Waals surface area contributed by atoms with Gasteiger partial charge in [-0.2, -0.15) is 5.26 Å². The van der Waals surface area contributed by atoms with Gasteiger partial charge >= 0.3 is 0 Å². The Morgan fingerprint density at radius 2 is 1.85 bits per heavy atom. The Bertz CT molecular complexity index is 766. The van der Waals surface area contributed by atoms with Crippen molar-refractivity contribution in [3.63, 3.8) is 0 Å². The maximum atomic E-state index is 13.6. The van der Waals surface area contributed by atoms with Gasteiger partial charge < -0.3 is 10.2 Å². The molecule has 1 saturated heterocycles. The maximum Gasteiger partial charge on any atom is 0.237 e. The number of amides is 1. The van der Waals surface area contributed by atoms with Gasteiger partial charge in [-0.3, -0.25) is 4.79 Å². The third-order valence-corrected chi connectivity index (χ3v) is 7.60. The molecule has 1 heterocycles. The van der Waals surface area contributed by atoms with Crippen LogP contribution in [-0.2, 0) is 14.8 Å². The van der Waals surface area contributed by atoms with Crippen molar-refractivity contribution in [2.75, 3.05) is 19.3 Å². The fourth-order valence-electron chi connectivity index (χ4n) is 6.53. The zero-order chi connectivity index (χ0) is 19.4. The van der Waals surface area contributed by atoms with Gasteiger partial charge in [-0.05, 0) is 50.4 Å². The smallest absolute Gasteiger partial charge is 0.237 e. The molecule has 0 aromatic rings. The highest BCUT2D eigenvalue weighted by atomic mass is 32.2. The zero-order valence-corrected chi connectivity index (χ0v) is 16.4. The number of nitrogens with zero attached hydrogens (tertiary/aromatic N) is 2. The summed E-state index contributed by atoms with van der Waals surface area (Å²) < 4.78 is 40.3. The first-order valence-corrected chi connectivity index (χ1v) is 11.6. The van der Waals surface area contributed by atoms with E-state index in [1.807, 2.05) is 6.07 Å². The number of alkyl halides is 1. The SMILES string of the molecule is CS(=O)(=O)NC12CC3CC(CC(NCC(=O)N4CC(F)CC4C#N)(C3)C1)C2. The average Bonchev–Trinajstić information content (AvgIpc) is 2.90. The molecule has 2 N–H and O–H groups in total. The Hall–Kier alpha value is -1.24. The highest BCUT2D eigenvalue weighted by Crippen LogP contribution is 2.57. The average molecular weight is 399 g/mol. The van der Waals surface area contributed by atoms with Crippen LogP contribution in [0.15, 0.2) is 0 Å². The number of nitrogens with one attached hydrogen (secondary N) is 2. The van der Waals surface area contributed by atoms with Crippen LogP contribution in [-0.4, -0.2) is 61.9 Å². The number of carbonyl (C=O) groups excluding carboxylic acids is 1. The van der Waals surface area contributed by atoms with Crippen LogP contribution in [0.1, 0.15) is 44.9 Å². The van der Waals surface area contributed by atoms with Gasteiger partial charge in [-0.25, -0.2) is 17.5 Å². The van der Waals surface area contributed by atoms with Gasteiger partial charge in [-0.15, -0.1) is 0 Å². The molecule has 0 aromatic heterocycles. The van der Waals surface area contributed by atoms with Crippen LogP contribution < -0.4 is 10.0 Å². The molecule has 1 aliphatic heterocycles. The van der Waals surface area contributed by atoms with Gasteiger partial charge in [0.25, 0.3) is 0 Å². The number of hydrogen-bond acceptors (Lipinski definition) is 5. The van der Waals surface area contributed by atoms with E-state index < -0.39 is 27.8 Å². The molecule has 4 bridgehead atoms. The van der Waals surface area contributed by atoms with Crippen LogP contribution in [0.5, 0.6) is 0 Å². The summed E-state index contributed by atoms with van der Waals surface area (Å²) in [6.07, 6.45) is 5.56. The molecule has 5 rings (SSSR count). The number of hydrogen-bond donors (Lipinski definition) is 2. The van der Waals surface area contributed by atoms with Crippen molar-refractivity contribution in [3.8, 4) is 6.07 Å². The molecule has 0 aromatic carbocycles. The van der Waals surface area contributed by atoms with Crippen molar-refractivity contribution in [1.29, 1.82) is 5.26 Å². The molecule has 4 atom stereocenters. The van der Waals surface area contributed by atoms with E-state index in [0.717, 1.165) is 32.1 Å². The largest absolute Gasteiger partial charge is 0.323 e. The summed E-state index contributed by atoms with van der Waals surface area (Å²) >= 11 is 0. The Labute approximate surface area is 159 Å². The summed E-state index contributed by atoms with van der Waals surface area (Å²) in [6, 6.07) is 1.32. The Morgan fingerprint density at radius 3 is 2.44 bits per heavy atom. The third-order valence-electron chi connectivity index (χ3n) is 6.80. The molecule has 5 fully saturated rings. The van der Waals surface area contributed by atoms with E-state index in [1.165, 1.54) is 11.2 Å². The first-order valence-electron chi connectivity index (χ1n) is 9.68. The lowest BCUT2D eigenvalue weighted by Crippen LogP contribution is -2.69. The molecule has 4 saturated carbocycles. The minimum atomic E-state index is -3.31. The predicted molar refractivity (Wildman–Crippen MR) is 96.8 cm³/mol. The van der Waals surface area contributed by atoms with Crippen molar-refractivity contribution in [3.05, 3.63) is 0 Å². The standard InChI is InChI=1S/C18H27FN4O3S/c1-27(25,26)22-18-6-12-2-13(7-18)5-17(4-12,11-18)21-9-16(24)23-10-14(19)3-15(23)8-20/h12-15,21-22H,2-7,9-11H2,1H3. The highest BCUT2D eigenvalue weighted by molar-refractivity contribution is 7.88. The lowest BCUT2D eigenvalue weighted by atomic mass is 9.50. The normalized spacial score (nSPS) is 43.1. The summed E-state index contributed by atoms with van der Waals surface area (Å²) in [6.45, 7) is 0.0514. The minimum Gasteiger partial charge on any atom is -0.323 e. The third kappa shape index (κ3) is 3.71. The monoisotopic (exact) mass is 398 g/mol. The fourth-order valence-corrected chi connectivity index (χ4v) is 7.55. The molecule has 27 heavy (non-hydrogen) atoms. The molecule has 5 aliphatic rings. The van der Waals surface area contributed by atoms with E-state index in [2.05, 4.69) is 10.0 Å². The van der Waals surface area contributed by atoms with Gasteiger partial charge in [0.05, 0.1) is 25.4 Å². The van der Waals surface area contributed by atoms with Crippen molar-refractivity contribution in [1.82, 2.24) is 14.9 Å². The maximum absolute atomic E-state index is 13.6. The van der Waals surface area contributed by atoms with Crippen LogP contribution in [0, 0.1) is 23.2 Å². The Balaban J connectivity index is 1.46. The minimum absolute atomic E-state index is 0.0173. The molecule has 150 valence electrons. The van der Waals surface area contributed by atoms with Gasteiger partial charge in [0.15, 0.2) is 0 Å². The number of likely N-dealkylation sites (tertiary alicyclic amines) is 1. The van der Waals surface area contributed by atoms with Gasteiger partial charge in [0.2, 0.25) is 15.9 Å². The molecule has 7 nitrogen and oxygen atoms in total. The summed E-state index contributed by atoms with van der Waals surface area (Å²) in [7, 11) is -3.31. The quantitative estimate of drug-likeness (QED) is 0.709. The van der Waals surface area contributed by atoms with Crippen LogP contribution in [0.2, 0.25) is 0 Å². The molecular formula is C18H27FN4O3S. The molecular weight excluding hydrogens is 371 g/mol. The van der Waals surface area contributed by atoms with Crippen LogP contribution in [0.4, 0.5) is 4.39 Å². The van der Waals surface area contributed by atoms with E-state index in [1.54, 1.807) is 0 Å². The number of sulfonamides is 1. The fraction of sp³-hybridized carbons (Fsp3) is 0.889. The van der Waals surface area contributed by atoms with Crippen LogP contribution >= 0.6 is 0 Å². The summed E-state index contributed by atoms with van der Waals surface area (Å²) in [5.74, 6) is 0.663. The van der Waals surface area contributed by atoms with Crippen molar-refractivity contribution in [2.24, 2.45) is 11.8 Å². The van der Waals surface area contributed by atoms with Crippen molar-refractivity contribution >= 4 is 15.9 Å². The predicted octanol–water partition coefficient (Wildman–Crippen LogP) is 0.679. The summed E-state index contributed by atoms with van der Waals surface area (Å²) in [5, 5.41) is 12.6. The molecule has 1 amide bonds. The van der Waals surface area contributed by atoms with E-state index in [-0.39, 0.29) is 31.0 Å². The lowest BCUT2D eigenvalue weighted by Gasteiger charge is -2.62. The van der Waals surface area contributed by atoms with E-state index in [9.17, 15) is 17.6 Å². The topological polar surface area (TPSA) is 102 Å². The summed E-state index contributed by atoms with van der Waals surface area (Å²) in [4.78, 5) is 13.9. The van der Waals surface area contributed by atoms with E-state index in [0.29, 0.717) is 18.3 Å². The first-order chi connectivity index (χ1) is 12.6. The van der Waals surface area contributed by atoms with E-state index >= 15 is 0 Å². The van der Waals surface area contributed by atoms with Gasteiger partial charge in [0, 0.05) is 17.5 Å². The first kappa shape index (κ1) is 19.1. The van der Waals surface area contributed by atoms with E-state index in [4.69, 9.17) is 5.26 Å². The number of rotatable bonds is 5. The molecule has 4 unspecified atom stereocenters. The van der Waals surface area contributed by atoms with Gasteiger partial charge in [-0.1, -0.05) is 0 Å². The summed E-state index contributed by atoms with van der Waals surface area (Å²) in [5.41, 5.74) is -0.672. The molecule has 0 spiro atoms. The second kappa shape index (κ2) is 6.39. The lowest BCUT2D eigenvalue weighted by molar-refractivity contribution is -0.131. The number of nitriles is 1. The Kier molecular flexibility index (Phi) is 4.52. The second-order valence-electron chi connectivity index (χ2n) is 9.27. The molecule has 0 radical (unpaired) electrons. The number of carbonyl (C=O) groups is 1. The van der Waals surface area contributed by atoms with Crippen LogP contribution in [0.3, 0.4) is 0 Å². The number of halogens is 1. The van der Waals surface area contributed by atoms with Crippen molar-refractivity contribution in [2.45, 2.75) is 68.2 Å².